The largest absolute Gasteiger partial charge is 0.497 e. The van der Waals surface area contributed by atoms with Gasteiger partial charge in [0.25, 0.3) is 11.8 Å². The Hall–Kier alpha value is -4.05. The van der Waals surface area contributed by atoms with Crippen LogP contribution in [0, 0.1) is 0 Å². The second kappa shape index (κ2) is 11.4. The molecule has 1 heterocycles. The van der Waals surface area contributed by atoms with Gasteiger partial charge in [-0.15, -0.1) is 0 Å². The molecule has 0 radical (unpaired) electrons. The molecule has 3 rings (SSSR count). The Labute approximate surface area is 199 Å². The number of hydrogen-bond acceptors (Lipinski definition) is 5. The third-order valence-corrected chi connectivity index (χ3v) is 4.82. The minimum atomic E-state index is -4.50. The summed E-state index contributed by atoms with van der Waals surface area (Å²) >= 11 is 0. The standard InChI is InChI=1S/C25H23F3N2O5/c1-33-13-12-29-24(32)21(30-23(31)16-6-8-19(34-2)9-7-16)15-20-10-11-22(35-20)17-4-3-5-18(14-17)25(26,27)28/h3-11,14-15H,12-13H2,1-2H3,(H,29,32)(H,30,31)/b21-15+. The number of carbonyl (C=O) groups excluding carboxylic acids is 2. The van der Waals surface area contributed by atoms with Gasteiger partial charge in [-0.25, -0.2) is 0 Å². The van der Waals surface area contributed by atoms with Crippen molar-refractivity contribution in [2.45, 2.75) is 6.18 Å². The summed E-state index contributed by atoms with van der Waals surface area (Å²) in [4.78, 5) is 25.4. The highest BCUT2D eigenvalue weighted by Crippen LogP contribution is 2.32. The van der Waals surface area contributed by atoms with Crippen LogP contribution in [0.1, 0.15) is 21.7 Å². The van der Waals surface area contributed by atoms with Crippen LogP contribution in [0.2, 0.25) is 0 Å². The van der Waals surface area contributed by atoms with Crippen molar-refractivity contribution >= 4 is 17.9 Å². The molecule has 10 heteroatoms. The highest BCUT2D eigenvalue weighted by molar-refractivity contribution is 6.05. The molecular formula is C25H23F3N2O5. The van der Waals surface area contributed by atoms with E-state index in [-0.39, 0.29) is 41.5 Å². The van der Waals surface area contributed by atoms with Gasteiger partial charge in [-0.3, -0.25) is 9.59 Å². The Morgan fingerprint density at radius 3 is 2.43 bits per heavy atom. The van der Waals surface area contributed by atoms with Crippen LogP contribution >= 0.6 is 0 Å². The Balaban J connectivity index is 1.86. The van der Waals surface area contributed by atoms with Gasteiger partial charge in [0.2, 0.25) is 0 Å². The first-order chi connectivity index (χ1) is 16.7. The Kier molecular flexibility index (Phi) is 8.32. The number of rotatable bonds is 9. The molecule has 1 aromatic heterocycles. The van der Waals surface area contributed by atoms with E-state index in [4.69, 9.17) is 13.9 Å². The summed E-state index contributed by atoms with van der Waals surface area (Å²) in [6.45, 7) is 0.449. The van der Waals surface area contributed by atoms with Crippen LogP contribution < -0.4 is 15.4 Å². The molecule has 35 heavy (non-hydrogen) atoms. The third kappa shape index (κ3) is 6.97. The summed E-state index contributed by atoms with van der Waals surface area (Å²) in [6, 6.07) is 13.9. The monoisotopic (exact) mass is 488 g/mol. The summed E-state index contributed by atoms with van der Waals surface area (Å²) in [5.41, 5.74) is -0.432. The Morgan fingerprint density at radius 2 is 1.77 bits per heavy atom. The summed E-state index contributed by atoms with van der Waals surface area (Å²) in [5, 5.41) is 5.15. The lowest BCUT2D eigenvalue weighted by atomic mass is 10.1. The number of furan rings is 1. The van der Waals surface area contributed by atoms with E-state index in [1.165, 1.54) is 56.7 Å². The van der Waals surface area contributed by atoms with Crippen molar-refractivity contribution in [3.63, 3.8) is 0 Å². The molecule has 0 saturated carbocycles. The number of nitrogens with one attached hydrogen (secondary N) is 2. The quantitative estimate of drug-likeness (QED) is 0.342. The van der Waals surface area contributed by atoms with Gasteiger partial charge in [0.1, 0.15) is 23.0 Å². The van der Waals surface area contributed by atoms with Crippen LogP contribution in [0.3, 0.4) is 0 Å². The van der Waals surface area contributed by atoms with Crippen LogP contribution in [0.4, 0.5) is 13.2 Å². The Bertz CT molecular complexity index is 1200. The molecule has 2 aromatic carbocycles. The highest BCUT2D eigenvalue weighted by Gasteiger charge is 2.30. The van der Waals surface area contributed by atoms with Crippen molar-refractivity contribution in [1.82, 2.24) is 10.6 Å². The van der Waals surface area contributed by atoms with Crippen molar-refractivity contribution < 1.29 is 36.7 Å². The number of alkyl halides is 3. The fraction of sp³-hybridized carbons (Fsp3) is 0.200. The summed E-state index contributed by atoms with van der Waals surface area (Å²) < 4.78 is 54.8. The SMILES string of the molecule is COCCNC(=O)/C(=C\c1ccc(-c2cccc(C(F)(F)F)c2)o1)NC(=O)c1ccc(OC)cc1. The molecule has 0 atom stereocenters. The van der Waals surface area contributed by atoms with Crippen LogP contribution in [0.15, 0.2) is 70.8 Å². The maximum atomic E-state index is 13.0. The molecule has 0 aliphatic rings. The number of hydrogen-bond donors (Lipinski definition) is 2. The molecule has 3 aromatic rings. The number of ether oxygens (including phenoxy) is 2. The first-order valence-electron chi connectivity index (χ1n) is 10.4. The van der Waals surface area contributed by atoms with Gasteiger partial charge in [0.05, 0.1) is 19.3 Å². The van der Waals surface area contributed by atoms with Gasteiger partial charge in [-0.05, 0) is 48.5 Å². The molecule has 0 aliphatic carbocycles. The smallest absolute Gasteiger partial charge is 0.416 e. The summed E-state index contributed by atoms with van der Waals surface area (Å²) in [6.07, 6.45) is -3.20. The van der Waals surface area contributed by atoms with Crippen LogP contribution in [0.5, 0.6) is 5.75 Å². The van der Waals surface area contributed by atoms with Gasteiger partial charge in [0.15, 0.2) is 0 Å². The van der Waals surface area contributed by atoms with Crippen LogP contribution in [0.25, 0.3) is 17.4 Å². The van der Waals surface area contributed by atoms with Gasteiger partial charge >= 0.3 is 6.18 Å². The molecular weight excluding hydrogens is 465 g/mol. The zero-order chi connectivity index (χ0) is 25.4. The lowest BCUT2D eigenvalue weighted by Gasteiger charge is -2.11. The number of halogens is 3. The molecule has 0 saturated heterocycles. The minimum Gasteiger partial charge on any atom is -0.497 e. The summed E-state index contributed by atoms with van der Waals surface area (Å²) in [5.74, 6) is -0.258. The Morgan fingerprint density at radius 1 is 1.03 bits per heavy atom. The molecule has 0 aliphatic heterocycles. The zero-order valence-electron chi connectivity index (χ0n) is 18.9. The van der Waals surface area contributed by atoms with Crippen molar-refractivity contribution in [2.24, 2.45) is 0 Å². The second-order valence-corrected chi connectivity index (χ2v) is 7.27. The zero-order valence-corrected chi connectivity index (χ0v) is 18.9. The van der Waals surface area contributed by atoms with E-state index >= 15 is 0 Å². The van der Waals surface area contributed by atoms with Gasteiger partial charge in [-0.1, -0.05) is 12.1 Å². The van der Waals surface area contributed by atoms with Crippen LogP contribution in [-0.2, 0) is 15.7 Å². The third-order valence-electron chi connectivity index (χ3n) is 4.82. The molecule has 0 fully saturated rings. The van der Waals surface area contributed by atoms with E-state index in [9.17, 15) is 22.8 Å². The molecule has 2 N–H and O–H groups in total. The maximum Gasteiger partial charge on any atom is 0.416 e. The van der Waals surface area contributed by atoms with E-state index in [1.807, 2.05) is 0 Å². The normalized spacial score (nSPS) is 11.7. The minimum absolute atomic E-state index is 0.119. The second-order valence-electron chi connectivity index (χ2n) is 7.27. The van der Waals surface area contributed by atoms with Crippen molar-refractivity contribution in [3.05, 3.63) is 83.2 Å². The molecule has 0 spiro atoms. The van der Waals surface area contributed by atoms with Crippen molar-refractivity contribution in [3.8, 4) is 17.1 Å². The number of benzene rings is 2. The van der Waals surface area contributed by atoms with E-state index in [0.29, 0.717) is 5.75 Å². The average molecular weight is 488 g/mol. The van der Waals surface area contributed by atoms with Gasteiger partial charge in [-0.2, -0.15) is 13.2 Å². The highest BCUT2D eigenvalue weighted by atomic mass is 19.4. The van der Waals surface area contributed by atoms with Crippen molar-refractivity contribution in [1.29, 1.82) is 0 Å². The lowest BCUT2D eigenvalue weighted by Crippen LogP contribution is -2.36. The van der Waals surface area contributed by atoms with Crippen molar-refractivity contribution in [2.75, 3.05) is 27.4 Å². The first kappa shape index (κ1) is 25.6. The fourth-order valence-electron chi connectivity index (χ4n) is 3.03. The van der Waals surface area contributed by atoms with Crippen LogP contribution in [-0.4, -0.2) is 39.2 Å². The predicted octanol–water partition coefficient (Wildman–Crippen LogP) is 4.51. The van der Waals surface area contributed by atoms with E-state index in [1.54, 1.807) is 12.1 Å². The molecule has 2 amide bonds. The van der Waals surface area contributed by atoms with Gasteiger partial charge < -0.3 is 24.5 Å². The van der Waals surface area contributed by atoms with E-state index in [0.717, 1.165) is 12.1 Å². The summed E-state index contributed by atoms with van der Waals surface area (Å²) in [7, 11) is 2.98. The predicted molar refractivity (Wildman–Crippen MR) is 122 cm³/mol. The average Bonchev–Trinajstić information content (AvgIpc) is 3.32. The number of methoxy groups -OCH3 is 2. The maximum absolute atomic E-state index is 13.0. The lowest BCUT2D eigenvalue weighted by molar-refractivity contribution is -0.137. The topological polar surface area (TPSA) is 89.8 Å². The molecule has 7 nitrogen and oxygen atoms in total. The number of carbonyl (C=O) groups is 2. The molecule has 184 valence electrons. The molecule has 0 bridgehead atoms. The van der Waals surface area contributed by atoms with Gasteiger partial charge in [0, 0.05) is 30.9 Å². The first-order valence-corrected chi connectivity index (χ1v) is 10.4. The van der Waals surface area contributed by atoms with E-state index < -0.39 is 23.6 Å². The number of amides is 2. The fourth-order valence-corrected chi connectivity index (χ4v) is 3.03. The molecule has 0 unspecified atom stereocenters. The van der Waals surface area contributed by atoms with E-state index in [2.05, 4.69) is 10.6 Å².